The Bertz CT molecular complexity index is 1150. The zero-order valence-corrected chi connectivity index (χ0v) is 16.4. The minimum Gasteiger partial charge on any atom is -0.494 e. The maximum Gasteiger partial charge on any atom is 0.249 e. The molecule has 0 spiro atoms. The van der Waals surface area contributed by atoms with Crippen molar-refractivity contribution in [3.05, 3.63) is 66.2 Å². The van der Waals surface area contributed by atoms with Crippen molar-refractivity contribution in [1.29, 1.82) is 0 Å². The van der Waals surface area contributed by atoms with Crippen LogP contribution >= 0.6 is 0 Å². The van der Waals surface area contributed by atoms with E-state index in [-0.39, 0.29) is 12.5 Å². The minimum absolute atomic E-state index is 0.0923. The summed E-state index contributed by atoms with van der Waals surface area (Å²) in [6.45, 7) is 4.87. The van der Waals surface area contributed by atoms with Crippen molar-refractivity contribution >= 4 is 16.8 Å². The van der Waals surface area contributed by atoms with Gasteiger partial charge in [0, 0.05) is 36.1 Å². The van der Waals surface area contributed by atoms with Crippen LogP contribution in [0.5, 0.6) is 5.75 Å². The smallest absolute Gasteiger partial charge is 0.249 e. The van der Waals surface area contributed by atoms with Gasteiger partial charge < -0.3 is 19.0 Å². The van der Waals surface area contributed by atoms with E-state index in [1.165, 1.54) is 0 Å². The van der Waals surface area contributed by atoms with E-state index in [4.69, 9.17) is 9.15 Å². The lowest BCUT2D eigenvalue weighted by molar-refractivity contribution is -0.121. The first kappa shape index (κ1) is 18.7. The number of nitrogens with one attached hydrogen (secondary N) is 1. The van der Waals surface area contributed by atoms with E-state index in [9.17, 15) is 4.79 Å². The summed E-state index contributed by atoms with van der Waals surface area (Å²) in [5.74, 6) is 1.65. The number of carbonyl (C=O) groups excluding carboxylic acids is 1. The molecule has 0 atom stereocenters. The first-order valence-corrected chi connectivity index (χ1v) is 9.51. The van der Waals surface area contributed by atoms with Crippen LogP contribution in [0.2, 0.25) is 0 Å². The van der Waals surface area contributed by atoms with Crippen LogP contribution in [-0.4, -0.2) is 27.3 Å². The third-order valence-corrected chi connectivity index (χ3v) is 4.61. The van der Waals surface area contributed by atoms with E-state index in [2.05, 4.69) is 15.5 Å². The number of carbonyl (C=O) groups is 1. The number of hydrogen-bond acceptors (Lipinski definition) is 5. The highest BCUT2D eigenvalue weighted by molar-refractivity contribution is 5.94. The number of nitrogens with zero attached hydrogens (tertiary/aromatic N) is 3. The lowest BCUT2D eigenvalue weighted by atomic mass is 10.2. The van der Waals surface area contributed by atoms with Gasteiger partial charge >= 0.3 is 0 Å². The van der Waals surface area contributed by atoms with Gasteiger partial charge in [-0.1, -0.05) is 36.4 Å². The molecule has 2 aromatic heterocycles. The molecule has 7 heteroatoms. The van der Waals surface area contributed by atoms with Gasteiger partial charge in [-0.25, -0.2) is 0 Å². The lowest BCUT2D eigenvalue weighted by Gasteiger charge is -2.11. The van der Waals surface area contributed by atoms with Gasteiger partial charge in [0.05, 0.1) is 12.2 Å². The summed E-state index contributed by atoms with van der Waals surface area (Å²) < 4.78 is 13.1. The van der Waals surface area contributed by atoms with Crippen molar-refractivity contribution < 1.29 is 13.9 Å². The number of ether oxygens (including phenoxy) is 1. The maximum atomic E-state index is 12.6. The van der Waals surface area contributed by atoms with E-state index >= 15 is 0 Å². The molecule has 2 heterocycles. The third kappa shape index (κ3) is 3.99. The van der Waals surface area contributed by atoms with Crippen LogP contribution in [0.25, 0.3) is 22.4 Å². The molecular formula is C22H22N4O3. The second kappa shape index (κ2) is 8.18. The molecule has 0 unspecified atom stereocenters. The van der Waals surface area contributed by atoms with Crippen molar-refractivity contribution in [3.63, 3.8) is 0 Å². The van der Waals surface area contributed by atoms with Crippen LogP contribution in [0.3, 0.4) is 0 Å². The molecule has 0 aliphatic heterocycles. The molecule has 4 rings (SSSR count). The number of para-hydroxylation sites is 2. The highest BCUT2D eigenvalue weighted by Gasteiger charge is 2.16. The van der Waals surface area contributed by atoms with E-state index in [1.54, 1.807) is 6.92 Å². The summed E-state index contributed by atoms with van der Waals surface area (Å²) in [4.78, 5) is 12.6. The molecule has 0 radical (unpaired) electrons. The average Bonchev–Trinajstić information content (AvgIpc) is 3.31. The van der Waals surface area contributed by atoms with Crippen LogP contribution in [-0.2, 0) is 17.9 Å². The first-order chi connectivity index (χ1) is 14.2. The number of fused-ring (bicyclic) bond motifs is 1. The maximum absolute atomic E-state index is 12.6. The summed E-state index contributed by atoms with van der Waals surface area (Å²) in [6.07, 6.45) is 1.88. The Morgan fingerprint density at radius 2 is 1.93 bits per heavy atom. The molecule has 0 aliphatic rings. The number of rotatable bonds is 7. The van der Waals surface area contributed by atoms with Crippen LogP contribution in [0.4, 0.5) is 0 Å². The predicted octanol–water partition coefficient (Wildman–Crippen LogP) is 3.71. The van der Waals surface area contributed by atoms with E-state index in [0.29, 0.717) is 24.9 Å². The molecule has 0 bridgehead atoms. The summed E-state index contributed by atoms with van der Waals surface area (Å²) in [5, 5.41) is 12.0. The number of amides is 1. The zero-order chi connectivity index (χ0) is 20.2. The molecular weight excluding hydrogens is 368 g/mol. The van der Waals surface area contributed by atoms with Crippen molar-refractivity contribution in [2.75, 3.05) is 6.61 Å². The molecule has 7 nitrogen and oxygen atoms in total. The number of hydrogen-bond donors (Lipinski definition) is 1. The van der Waals surface area contributed by atoms with Crippen molar-refractivity contribution in [3.8, 4) is 17.2 Å². The van der Waals surface area contributed by atoms with E-state index in [0.717, 1.165) is 27.8 Å². The predicted molar refractivity (Wildman–Crippen MR) is 109 cm³/mol. The Balaban J connectivity index is 1.53. The second-order valence-electron chi connectivity index (χ2n) is 6.63. The van der Waals surface area contributed by atoms with Crippen molar-refractivity contribution in [2.24, 2.45) is 0 Å². The molecule has 0 saturated carbocycles. The molecule has 0 saturated heterocycles. The molecule has 148 valence electrons. The van der Waals surface area contributed by atoms with Gasteiger partial charge in [-0.3, -0.25) is 4.79 Å². The van der Waals surface area contributed by atoms with Crippen molar-refractivity contribution in [1.82, 2.24) is 20.1 Å². The molecule has 29 heavy (non-hydrogen) atoms. The average molecular weight is 390 g/mol. The van der Waals surface area contributed by atoms with Crippen LogP contribution in [0, 0.1) is 6.92 Å². The SMILES string of the molecule is CCOc1ccccc1CNC(=O)Cn1cc(-c2nnc(C)o2)c2ccccc21. The molecule has 1 amide bonds. The zero-order valence-electron chi connectivity index (χ0n) is 16.4. The molecule has 1 N–H and O–H groups in total. The van der Waals surface area contributed by atoms with E-state index < -0.39 is 0 Å². The van der Waals surface area contributed by atoms with Crippen LogP contribution < -0.4 is 10.1 Å². The van der Waals surface area contributed by atoms with Gasteiger partial charge in [0.2, 0.25) is 17.7 Å². The summed E-state index contributed by atoms with van der Waals surface area (Å²) in [7, 11) is 0. The minimum atomic E-state index is -0.0923. The Morgan fingerprint density at radius 3 is 2.72 bits per heavy atom. The topological polar surface area (TPSA) is 82.2 Å². The van der Waals surface area contributed by atoms with Crippen molar-refractivity contribution in [2.45, 2.75) is 26.9 Å². The largest absolute Gasteiger partial charge is 0.494 e. The third-order valence-electron chi connectivity index (χ3n) is 4.61. The van der Waals surface area contributed by atoms with Gasteiger partial charge in [0.25, 0.3) is 0 Å². The summed E-state index contributed by atoms with van der Waals surface area (Å²) in [5.41, 5.74) is 2.70. The Labute approximate surface area is 168 Å². The first-order valence-electron chi connectivity index (χ1n) is 9.51. The van der Waals surface area contributed by atoms with Gasteiger partial charge in [-0.2, -0.15) is 0 Å². The van der Waals surface area contributed by atoms with Gasteiger partial charge in [0.15, 0.2) is 0 Å². The van der Waals surface area contributed by atoms with E-state index in [1.807, 2.05) is 66.2 Å². The number of aryl methyl sites for hydroxylation is 1. The Morgan fingerprint density at radius 1 is 1.14 bits per heavy atom. The Hall–Kier alpha value is -3.61. The standard InChI is InChI=1S/C22H22N4O3/c1-3-28-20-11-7-4-8-16(20)12-23-21(27)14-26-13-18(22-25-24-15(2)29-22)17-9-5-6-10-19(17)26/h4-11,13H,3,12,14H2,1-2H3,(H,23,27). The fourth-order valence-corrected chi connectivity index (χ4v) is 3.30. The van der Waals surface area contributed by atoms with Crippen LogP contribution in [0.15, 0.2) is 59.1 Å². The molecule has 4 aromatic rings. The quantitative estimate of drug-likeness (QED) is 0.520. The van der Waals surface area contributed by atoms with Gasteiger partial charge in [-0.05, 0) is 19.1 Å². The fourth-order valence-electron chi connectivity index (χ4n) is 3.30. The lowest BCUT2D eigenvalue weighted by Crippen LogP contribution is -2.27. The fraction of sp³-hybridized carbons (Fsp3) is 0.227. The Kier molecular flexibility index (Phi) is 5.29. The second-order valence-corrected chi connectivity index (χ2v) is 6.63. The molecule has 2 aromatic carbocycles. The molecule has 0 fully saturated rings. The van der Waals surface area contributed by atoms with Gasteiger partial charge in [-0.15, -0.1) is 10.2 Å². The number of benzene rings is 2. The molecule has 0 aliphatic carbocycles. The number of aromatic nitrogens is 3. The highest BCUT2D eigenvalue weighted by Crippen LogP contribution is 2.29. The summed E-state index contributed by atoms with van der Waals surface area (Å²) in [6, 6.07) is 15.6. The van der Waals surface area contributed by atoms with Gasteiger partial charge in [0.1, 0.15) is 12.3 Å². The summed E-state index contributed by atoms with van der Waals surface area (Å²) >= 11 is 0. The highest BCUT2D eigenvalue weighted by atomic mass is 16.5. The van der Waals surface area contributed by atoms with Crippen LogP contribution in [0.1, 0.15) is 18.4 Å². The normalized spacial score (nSPS) is 11.0. The monoisotopic (exact) mass is 390 g/mol.